The molecule has 0 spiro atoms. The minimum absolute atomic E-state index is 0.136. The lowest BCUT2D eigenvalue weighted by molar-refractivity contribution is -0.186. The third-order valence-electron chi connectivity index (χ3n) is 4.11. The standard InChI is InChI=1S/C22H19NO7/c1-13(24)28-20-17-11-7-8-12-18(17)23(16-9-5-4-6-10-16)21(27)19(20)22(29-14(2)25)30-15(3)26/h4-12,22H,1-3H3. The lowest BCUT2D eigenvalue weighted by Gasteiger charge is -2.22. The van der Waals surface area contributed by atoms with Crippen LogP contribution in [0.3, 0.4) is 0 Å². The molecule has 0 N–H and O–H groups in total. The molecule has 8 heteroatoms. The van der Waals surface area contributed by atoms with Gasteiger partial charge in [-0.05, 0) is 24.3 Å². The second-order valence-corrected chi connectivity index (χ2v) is 6.38. The summed E-state index contributed by atoms with van der Waals surface area (Å²) in [5.41, 5.74) is 0.0404. The highest BCUT2D eigenvalue weighted by atomic mass is 16.7. The molecule has 154 valence electrons. The number of hydrogen-bond donors (Lipinski definition) is 0. The molecule has 3 aromatic rings. The van der Waals surface area contributed by atoms with Gasteiger partial charge in [0.2, 0.25) is 0 Å². The van der Waals surface area contributed by atoms with Crippen LogP contribution < -0.4 is 10.3 Å². The van der Waals surface area contributed by atoms with Crippen molar-refractivity contribution in [1.29, 1.82) is 0 Å². The number of hydrogen-bond acceptors (Lipinski definition) is 7. The molecule has 0 saturated heterocycles. The largest absolute Gasteiger partial charge is 0.425 e. The fourth-order valence-corrected chi connectivity index (χ4v) is 3.07. The van der Waals surface area contributed by atoms with Crippen LogP contribution in [-0.4, -0.2) is 22.5 Å². The van der Waals surface area contributed by atoms with E-state index in [-0.39, 0.29) is 11.3 Å². The van der Waals surface area contributed by atoms with E-state index in [1.807, 2.05) is 0 Å². The van der Waals surface area contributed by atoms with Gasteiger partial charge in [0, 0.05) is 31.8 Å². The second kappa shape index (κ2) is 8.60. The number of rotatable bonds is 5. The van der Waals surface area contributed by atoms with Gasteiger partial charge in [0.25, 0.3) is 11.8 Å². The summed E-state index contributed by atoms with van der Waals surface area (Å²) in [7, 11) is 0. The average Bonchev–Trinajstić information content (AvgIpc) is 2.67. The maximum atomic E-state index is 13.6. The van der Waals surface area contributed by atoms with Crippen LogP contribution in [0.1, 0.15) is 32.6 Å². The van der Waals surface area contributed by atoms with Crippen LogP contribution in [0.4, 0.5) is 0 Å². The van der Waals surface area contributed by atoms with Gasteiger partial charge in [-0.1, -0.05) is 30.3 Å². The van der Waals surface area contributed by atoms with Crippen molar-refractivity contribution in [3.05, 3.63) is 70.5 Å². The van der Waals surface area contributed by atoms with E-state index in [0.717, 1.165) is 13.8 Å². The number of ether oxygens (including phenoxy) is 3. The Morgan fingerprint density at radius 2 is 1.37 bits per heavy atom. The molecule has 0 fully saturated rings. The minimum Gasteiger partial charge on any atom is -0.425 e. The maximum absolute atomic E-state index is 13.6. The van der Waals surface area contributed by atoms with Crippen LogP contribution in [0, 0.1) is 0 Å². The molecule has 1 aromatic heterocycles. The lowest BCUT2D eigenvalue weighted by Crippen LogP contribution is -2.30. The number of carbonyl (C=O) groups is 3. The summed E-state index contributed by atoms with van der Waals surface area (Å²) >= 11 is 0. The molecule has 0 saturated carbocycles. The summed E-state index contributed by atoms with van der Waals surface area (Å²) in [6.07, 6.45) is -1.69. The van der Waals surface area contributed by atoms with Gasteiger partial charge in [-0.15, -0.1) is 0 Å². The molecule has 2 aromatic carbocycles. The molecule has 0 bridgehead atoms. The van der Waals surface area contributed by atoms with Gasteiger partial charge in [-0.3, -0.25) is 23.7 Å². The Labute approximate surface area is 171 Å². The van der Waals surface area contributed by atoms with Gasteiger partial charge in [-0.2, -0.15) is 0 Å². The third-order valence-corrected chi connectivity index (χ3v) is 4.11. The number of para-hydroxylation sites is 2. The van der Waals surface area contributed by atoms with Crippen LogP contribution in [0.15, 0.2) is 59.4 Å². The summed E-state index contributed by atoms with van der Waals surface area (Å²) in [4.78, 5) is 48.7. The van der Waals surface area contributed by atoms with E-state index in [2.05, 4.69) is 0 Å². The normalized spacial score (nSPS) is 10.7. The van der Waals surface area contributed by atoms with Crippen LogP contribution in [0.5, 0.6) is 5.75 Å². The highest BCUT2D eigenvalue weighted by molar-refractivity contribution is 5.90. The molecule has 3 rings (SSSR count). The highest BCUT2D eigenvalue weighted by Crippen LogP contribution is 2.34. The second-order valence-electron chi connectivity index (χ2n) is 6.38. The average molecular weight is 409 g/mol. The van der Waals surface area contributed by atoms with E-state index in [1.165, 1.54) is 11.5 Å². The van der Waals surface area contributed by atoms with Crippen molar-refractivity contribution in [2.24, 2.45) is 0 Å². The van der Waals surface area contributed by atoms with Gasteiger partial charge in [0.15, 0.2) is 5.75 Å². The molecule has 0 atom stereocenters. The van der Waals surface area contributed by atoms with Crippen LogP contribution in [-0.2, 0) is 23.9 Å². The zero-order valence-corrected chi connectivity index (χ0v) is 16.6. The fourth-order valence-electron chi connectivity index (χ4n) is 3.07. The van der Waals surface area contributed by atoms with Crippen molar-refractivity contribution >= 4 is 28.8 Å². The molecule has 0 amide bonds. The van der Waals surface area contributed by atoms with Crippen molar-refractivity contribution in [2.45, 2.75) is 27.1 Å². The Kier molecular flexibility index (Phi) is 5.96. The zero-order valence-electron chi connectivity index (χ0n) is 16.6. The number of nitrogens with zero attached hydrogens (tertiary/aromatic N) is 1. The molecular formula is C22H19NO7. The zero-order chi connectivity index (χ0) is 21.8. The predicted octanol–water partition coefficient (Wildman–Crippen LogP) is 3.04. The molecular weight excluding hydrogens is 390 g/mol. The Hall–Kier alpha value is -3.94. The number of pyridine rings is 1. The van der Waals surface area contributed by atoms with E-state index in [0.29, 0.717) is 16.6 Å². The van der Waals surface area contributed by atoms with Crippen LogP contribution >= 0.6 is 0 Å². The molecule has 0 aliphatic rings. The Balaban J connectivity index is 2.45. The number of benzene rings is 2. The number of esters is 3. The lowest BCUT2D eigenvalue weighted by atomic mass is 10.1. The van der Waals surface area contributed by atoms with Gasteiger partial charge in [0.1, 0.15) is 5.56 Å². The summed E-state index contributed by atoms with van der Waals surface area (Å²) in [6.45, 7) is 3.39. The van der Waals surface area contributed by atoms with Gasteiger partial charge in [0.05, 0.1) is 5.52 Å². The number of fused-ring (bicyclic) bond motifs is 1. The SMILES string of the molecule is CC(=O)Oc1c(C(OC(C)=O)OC(C)=O)c(=O)n(-c2ccccc2)c2ccccc12. The van der Waals surface area contributed by atoms with E-state index in [4.69, 9.17) is 14.2 Å². The molecule has 0 aliphatic heterocycles. The highest BCUT2D eigenvalue weighted by Gasteiger charge is 2.31. The first-order valence-corrected chi connectivity index (χ1v) is 9.05. The first kappa shape index (κ1) is 20.8. The molecule has 0 aliphatic carbocycles. The van der Waals surface area contributed by atoms with E-state index in [9.17, 15) is 19.2 Å². The quantitative estimate of drug-likeness (QED) is 0.471. The summed E-state index contributed by atoms with van der Waals surface area (Å²) in [5, 5.41) is 0.399. The first-order valence-electron chi connectivity index (χ1n) is 9.05. The van der Waals surface area contributed by atoms with Gasteiger partial charge >= 0.3 is 17.9 Å². The molecule has 0 radical (unpaired) electrons. The van der Waals surface area contributed by atoms with Crippen molar-refractivity contribution in [1.82, 2.24) is 4.57 Å². The van der Waals surface area contributed by atoms with Crippen LogP contribution in [0.25, 0.3) is 16.6 Å². The number of carbonyl (C=O) groups excluding carboxylic acids is 3. The summed E-state index contributed by atoms with van der Waals surface area (Å²) in [5.74, 6) is -2.40. The molecule has 1 heterocycles. The van der Waals surface area contributed by atoms with Gasteiger partial charge < -0.3 is 14.2 Å². The molecule has 30 heavy (non-hydrogen) atoms. The van der Waals surface area contributed by atoms with Crippen molar-refractivity contribution in [3.8, 4) is 11.4 Å². The molecule has 0 unspecified atom stereocenters. The first-order chi connectivity index (χ1) is 14.3. The van der Waals surface area contributed by atoms with Crippen molar-refractivity contribution in [3.63, 3.8) is 0 Å². The summed E-state index contributed by atoms with van der Waals surface area (Å²) < 4.78 is 16.9. The maximum Gasteiger partial charge on any atom is 0.308 e. The Morgan fingerprint density at radius 1 is 0.800 bits per heavy atom. The smallest absolute Gasteiger partial charge is 0.308 e. The predicted molar refractivity (Wildman–Crippen MR) is 107 cm³/mol. The number of aromatic nitrogens is 1. The van der Waals surface area contributed by atoms with E-state index in [1.54, 1.807) is 54.6 Å². The Bertz CT molecular complexity index is 1170. The monoisotopic (exact) mass is 409 g/mol. The minimum atomic E-state index is -1.69. The topological polar surface area (TPSA) is 101 Å². The third kappa shape index (κ3) is 4.22. The van der Waals surface area contributed by atoms with Crippen molar-refractivity contribution in [2.75, 3.05) is 0 Å². The van der Waals surface area contributed by atoms with E-state index >= 15 is 0 Å². The summed E-state index contributed by atoms with van der Waals surface area (Å²) in [6, 6.07) is 15.5. The molecule has 8 nitrogen and oxygen atoms in total. The van der Waals surface area contributed by atoms with E-state index < -0.39 is 29.8 Å². The Morgan fingerprint density at radius 3 is 1.93 bits per heavy atom. The van der Waals surface area contributed by atoms with Crippen molar-refractivity contribution < 1.29 is 28.6 Å². The van der Waals surface area contributed by atoms with Gasteiger partial charge in [-0.25, -0.2) is 0 Å². The fraction of sp³-hybridized carbons (Fsp3) is 0.182. The van der Waals surface area contributed by atoms with Crippen LogP contribution in [0.2, 0.25) is 0 Å².